The van der Waals surface area contributed by atoms with E-state index in [9.17, 15) is 9.90 Å². The molecule has 38 heavy (non-hydrogen) atoms. The van der Waals surface area contributed by atoms with Gasteiger partial charge in [-0.3, -0.25) is 4.40 Å². The van der Waals surface area contributed by atoms with Gasteiger partial charge in [-0.05, 0) is 48.2 Å². The fourth-order valence-electron chi connectivity index (χ4n) is 5.00. The van der Waals surface area contributed by atoms with Crippen molar-refractivity contribution in [2.45, 2.75) is 40.2 Å². The Morgan fingerprint density at radius 2 is 1.89 bits per heavy atom. The molecule has 4 heterocycles. The number of pyridine rings is 1. The predicted octanol–water partition coefficient (Wildman–Crippen LogP) is 6.05. The number of carbonyl (C=O) groups is 1. The van der Waals surface area contributed by atoms with Crippen LogP contribution in [-0.2, 0) is 6.42 Å². The second-order valence-electron chi connectivity index (χ2n) is 10.6. The lowest BCUT2D eigenvalue weighted by atomic mass is 9.84. The van der Waals surface area contributed by atoms with Crippen molar-refractivity contribution in [3.8, 4) is 11.4 Å². The zero-order valence-electron chi connectivity index (χ0n) is 22.2. The number of nitrogens with zero attached hydrogens (tertiary/aromatic N) is 7. The van der Waals surface area contributed by atoms with Crippen molar-refractivity contribution in [3.05, 3.63) is 53.3 Å². The minimum atomic E-state index is -0.860. The smallest absolute Gasteiger partial charge is 0.407 e. The second-order valence-corrected chi connectivity index (χ2v) is 11.8. The summed E-state index contributed by atoms with van der Waals surface area (Å²) in [4.78, 5) is 27.5. The van der Waals surface area contributed by atoms with E-state index in [1.807, 2.05) is 42.3 Å². The summed E-state index contributed by atoms with van der Waals surface area (Å²) < 4.78 is 6.69. The number of amides is 1. The van der Waals surface area contributed by atoms with Gasteiger partial charge in [0.15, 0.2) is 5.82 Å². The van der Waals surface area contributed by atoms with Crippen LogP contribution < -0.4 is 9.80 Å². The molecule has 1 N–H and O–H groups in total. The summed E-state index contributed by atoms with van der Waals surface area (Å²) in [6.07, 6.45) is 2.01. The first-order chi connectivity index (χ1) is 18.1. The van der Waals surface area contributed by atoms with E-state index in [1.54, 1.807) is 4.90 Å². The standard InChI is InChI=1S/C27H32ClN7O2S/c1-6-20-24(32(5)25-30-23(31-38-25)17-7-9-18(28)10-8-17)35-15-19(11-12-22(35)29-20)33-13-14-34(26(36)37)21(16-33)27(2,3)4/h7-12,15,21H,6,13-14,16H2,1-5H3,(H,36,37). The SMILES string of the molecule is CCc1nc2ccc(N3CCN(C(=O)O)C(C(C)(C)C)C3)cn2c1N(C)c1nc(-c2ccc(Cl)cc2)ns1. The quantitative estimate of drug-likeness (QED) is 0.321. The summed E-state index contributed by atoms with van der Waals surface area (Å²) in [5, 5.41) is 11.2. The van der Waals surface area contributed by atoms with Gasteiger partial charge in [0.25, 0.3) is 0 Å². The molecular weight excluding hydrogens is 522 g/mol. The lowest BCUT2D eigenvalue weighted by Crippen LogP contribution is -2.59. The summed E-state index contributed by atoms with van der Waals surface area (Å²) >= 11 is 7.38. The molecule has 0 saturated carbocycles. The molecule has 1 amide bonds. The Morgan fingerprint density at radius 1 is 1.16 bits per heavy atom. The van der Waals surface area contributed by atoms with Crippen LogP contribution in [0.5, 0.6) is 0 Å². The summed E-state index contributed by atoms with van der Waals surface area (Å²) in [7, 11) is 1.99. The number of hydrogen-bond acceptors (Lipinski definition) is 7. The molecule has 4 aromatic rings. The highest BCUT2D eigenvalue weighted by molar-refractivity contribution is 7.10. The zero-order chi connectivity index (χ0) is 27.2. The highest BCUT2D eigenvalue weighted by Crippen LogP contribution is 2.34. The lowest BCUT2D eigenvalue weighted by molar-refractivity contribution is 0.0748. The molecule has 0 radical (unpaired) electrons. The largest absolute Gasteiger partial charge is 0.465 e. The first kappa shape index (κ1) is 26.2. The fourth-order valence-corrected chi connectivity index (χ4v) is 5.77. The van der Waals surface area contributed by atoms with Crippen LogP contribution >= 0.6 is 23.1 Å². The maximum atomic E-state index is 11.9. The molecule has 1 aromatic carbocycles. The van der Waals surface area contributed by atoms with E-state index in [4.69, 9.17) is 21.6 Å². The van der Waals surface area contributed by atoms with E-state index >= 15 is 0 Å². The minimum Gasteiger partial charge on any atom is -0.465 e. The Labute approximate surface area is 231 Å². The summed E-state index contributed by atoms with van der Waals surface area (Å²) in [5.74, 6) is 1.60. The van der Waals surface area contributed by atoms with Crippen molar-refractivity contribution in [1.29, 1.82) is 0 Å². The van der Waals surface area contributed by atoms with Gasteiger partial charge in [-0.2, -0.15) is 9.36 Å². The molecule has 0 spiro atoms. The van der Waals surface area contributed by atoms with E-state index in [-0.39, 0.29) is 11.5 Å². The van der Waals surface area contributed by atoms with E-state index in [0.717, 1.165) is 40.0 Å². The average molecular weight is 554 g/mol. The van der Waals surface area contributed by atoms with Crippen molar-refractivity contribution >= 4 is 51.5 Å². The molecule has 5 rings (SSSR count). The van der Waals surface area contributed by atoms with Crippen LogP contribution in [0.3, 0.4) is 0 Å². The second kappa shape index (κ2) is 10.1. The Bertz CT molecular complexity index is 1460. The monoisotopic (exact) mass is 553 g/mol. The van der Waals surface area contributed by atoms with Crippen molar-refractivity contribution in [1.82, 2.24) is 23.6 Å². The predicted molar refractivity (Wildman–Crippen MR) is 153 cm³/mol. The number of aryl methyl sites for hydroxylation is 1. The van der Waals surface area contributed by atoms with E-state index in [0.29, 0.717) is 30.5 Å². The van der Waals surface area contributed by atoms with Crippen LogP contribution in [0.1, 0.15) is 33.4 Å². The molecule has 0 bridgehead atoms. The van der Waals surface area contributed by atoms with Gasteiger partial charge < -0.3 is 19.8 Å². The lowest BCUT2D eigenvalue weighted by Gasteiger charge is -2.46. The minimum absolute atomic E-state index is 0.117. The fraction of sp³-hybridized carbons (Fsp3) is 0.407. The molecular formula is C27H32ClN7O2S. The highest BCUT2D eigenvalue weighted by Gasteiger charge is 2.38. The molecule has 9 nitrogen and oxygen atoms in total. The third-order valence-electron chi connectivity index (χ3n) is 7.10. The molecule has 3 aromatic heterocycles. The average Bonchev–Trinajstić information content (AvgIpc) is 3.52. The molecule has 1 atom stereocenters. The first-order valence-corrected chi connectivity index (χ1v) is 13.8. The number of anilines is 3. The molecule has 1 unspecified atom stereocenters. The van der Waals surface area contributed by atoms with Gasteiger partial charge in [0.05, 0.1) is 17.4 Å². The van der Waals surface area contributed by atoms with Crippen LogP contribution in [0, 0.1) is 5.41 Å². The van der Waals surface area contributed by atoms with Gasteiger partial charge in [-0.1, -0.05) is 39.3 Å². The third kappa shape index (κ3) is 4.90. The number of rotatable bonds is 5. The van der Waals surface area contributed by atoms with Crippen molar-refractivity contribution in [2.75, 3.05) is 36.5 Å². The van der Waals surface area contributed by atoms with Gasteiger partial charge in [0.1, 0.15) is 11.5 Å². The maximum Gasteiger partial charge on any atom is 0.407 e. The van der Waals surface area contributed by atoms with Gasteiger partial charge >= 0.3 is 6.09 Å². The molecule has 200 valence electrons. The van der Waals surface area contributed by atoms with Crippen LogP contribution in [0.4, 0.5) is 21.4 Å². The number of fused-ring (bicyclic) bond motifs is 1. The number of imidazole rings is 1. The summed E-state index contributed by atoms with van der Waals surface area (Å²) in [6, 6.07) is 11.5. The summed E-state index contributed by atoms with van der Waals surface area (Å²) in [5.41, 5.74) is 3.58. The number of halogens is 1. The zero-order valence-corrected chi connectivity index (χ0v) is 23.8. The van der Waals surface area contributed by atoms with Crippen LogP contribution in [0.25, 0.3) is 17.0 Å². The van der Waals surface area contributed by atoms with Crippen LogP contribution in [0.2, 0.25) is 5.02 Å². The normalized spacial score (nSPS) is 16.3. The van der Waals surface area contributed by atoms with Crippen molar-refractivity contribution in [3.63, 3.8) is 0 Å². The Morgan fingerprint density at radius 3 is 2.55 bits per heavy atom. The van der Waals surface area contributed by atoms with Gasteiger partial charge in [0.2, 0.25) is 5.13 Å². The number of carboxylic acid groups (broad SMARTS) is 1. The van der Waals surface area contributed by atoms with E-state index in [1.165, 1.54) is 11.5 Å². The number of aromatic nitrogens is 4. The Kier molecular flexibility index (Phi) is 6.96. The number of piperazine rings is 1. The van der Waals surface area contributed by atoms with Gasteiger partial charge in [-0.25, -0.2) is 9.78 Å². The molecule has 1 saturated heterocycles. The van der Waals surface area contributed by atoms with Crippen LogP contribution in [0.15, 0.2) is 42.6 Å². The molecule has 1 aliphatic heterocycles. The Balaban J connectivity index is 1.49. The first-order valence-electron chi connectivity index (χ1n) is 12.7. The Hall–Kier alpha value is -3.37. The molecule has 11 heteroatoms. The molecule has 0 aliphatic carbocycles. The topological polar surface area (TPSA) is 90.1 Å². The summed E-state index contributed by atoms with van der Waals surface area (Å²) in [6.45, 7) is 10.1. The van der Waals surface area contributed by atoms with Crippen LogP contribution in [-0.4, -0.2) is 67.6 Å². The third-order valence-corrected chi connectivity index (χ3v) is 8.14. The number of hydrogen-bond donors (Lipinski definition) is 1. The van der Waals surface area contributed by atoms with Gasteiger partial charge in [-0.15, -0.1) is 0 Å². The molecule has 1 fully saturated rings. The van der Waals surface area contributed by atoms with Gasteiger partial charge in [0, 0.05) is 55.0 Å². The maximum absolute atomic E-state index is 11.9. The number of benzene rings is 1. The highest BCUT2D eigenvalue weighted by atomic mass is 35.5. The molecule has 1 aliphatic rings. The van der Waals surface area contributed by atoms with E-state index < -0.39 is 6.09 Å². The van der Waals surface area contributed by atoms with Crippen molar-refractivity contribution in [2.24, 2.45) is 5.41 Å². The van der Waals surface area contributed by atoms with Crippen molar-refractivity contribution < 1.29 is 9.90 Å². The van der Waals surface area contributed by atoms with E-state index in [2.05, 4.69) is 53.6 Å².